The Labute approximate surface area is 333 Å². The van der Waals surface area contributed by atoms with Gasteiger partial charge in [-0.2, -0.15) is 0 Å². The molecule has 0 heterocycles. The van der Waals surface area contributed by atoms with Crippen LogP contribution in [0.5, 0.6) is 0 Å². The predicted octanol–water partition coefficient (Wildman–Crippen LogP) is 14.1. The van der Waals surface area contributed by atoms with Crippen LogP contribution in [0.1, 0.15) is 93.2 Å². The van der Waals surface area contributed by atoms with Crippen LogP contribution in [-0.4, -0.2) is 0 Å². The van der Waals surface area contributed by atoms with Crippen molar-refractivity contribution in [3.63, 3.8) is 0 Å². The van der Waals surface area contributed by atoms with E-state index < -0.39 is 0 Å². The molecule has 4 aromatic carbocycles. The van der Waals surface area contributed by atoms with Gasteiger partial charge in [-0.15, -0.1) is 6.58 Å². The summed E-state index contributed by atoms with van der Waals surface area (Å²) < 4.78 is 0. The maximum absolute atomic E-state index is 4.26. The summed E-state index contributed by atoms with van der Waals surface area (Å²) in [6, 6.07) is 34.8. The molecule has 0 fully saturated rings. The zero-order chi connectivity index (χ0) is 38.2. The van der Waals surface area contributed by atoms with E-state index in [1.165, 1.54) is 83.9 Å². The third-order valence-electron chi connectivity index (χ3n) is 13.8. The SMILES string of the molecule is C=CC/C=C(\C1=C(C)C2(C3=C(C=CCC3)c3ccccc32)c2ccccc21)N(C1=CC=C(C2C=CC=CC2)CC1C)c1ccc2c(c1)C(C)(C)c1ccccc1-2. The van der Waals surface area contributed by atoms with Gasteiger partial charge >= 0.3 is 0 Å². The molecule has 0 saturated heterocycles. The van der Waals surface area contributed by atoms with Gasteiger partial charge in [0, 0.05) is 39.9 Å². The number of hydrogen-bond donors (Lipinski definition) is 0. The first kappa shape index (κ1) is 34.8. The zero-order valence-corrected chi connectivity index (χ0v) is 33.3. The fourth-order valence-electron chi connectivity index (χ4n) is 11.3. The van der Waals surface area contributed by atoms with E-state index in [0.29, 0.717) is 11.8 Å². The number of allylic oxidation sites excluding steroid dienone is 16. The Hall–Kier alpha value is -5.66. The number of hydrogen-bond acceptors (Lipinski definition) is 1. The summed E-state index contributed by atoms with van der Waals surface area (Å²) in [5.74, 6) is 0.779. The second kappa shape index (κ2) is 13.2. The van der Waals surface area contributed by atoms with Gasteiger partial charge in [-0.3, -0.25) is 0 Å². The number of anilines is 1. The molecule has 6 aliphatic carbocycles. The first-order valence-electron chi connectivity index (χ1n) is 20.8. The van der Waals surface area contributed by atoms with E-state index in [9.17, 15) is 0 Å². The molecule has 3 atom stereocenters. The normalized spacial score (nSPS) is 23.8. The highest BCUT2D eigenvalue weighted by Crippen LogP contribution is 2.64. The van der Waals surface area contributed by atoms with Crippen molar-refractivity contribution < 1.29 is 0 Å². The van der Waals surface area contributed by atoms with E-state index in [2.05, 4.69) is 191 Å². The lowest BCUT2D eigenvalue weighted by Gasteiger charge is -2.38. The molecule has 0 amide bonds. The molecule has 276 valence electrons. The number of benzene rings is 4. The minimum Gasteiger partial charge on any atom is -0.314 e. The minimum atomic E-state index is -0.302. The average molecular weight is 726 g/mol. The van der Waals surface area contributed by atoms with Crippen molar-refractivity contribution in [3.05, 3.63) is 220 Å². The van der Waals surface area contributed by atoms with E-state index in [1.54, 1.807) is 5.57 Å². The molecule has 0 aromatic heterocycles. The molecule has 1 spiro atoms. The van der Waals surface area contributed by atoms with Crippen LogP contribution in [0.2, 0.25) is 0 Å². The van der Waals surface area contributed by atoms with Gasteiger partial charge in [0.1, 0.15) is 0 Å². The monoisotopic (exact) mass is 725 g/mol. The molecule has 56 heavy (non-hydrogen) atoms. The summed E-state index contributed by atoms with van der Waals surface area (Å²) in [5, 5.41) is 0. The van der Waals surface area contributed by atoms with Crippen LogP contribution in [0.4, 0.5) is 5.69 Å². The second-order valence-electron chi connectivity index (χ2n) is 17.1. The van der Waals surface area contributed by atoms with E-state index >= 15 is 0 Å². The van der Waals surface area contributed by atoms with Gasteiger partial charge in [0.05, 0.1) is 5.41 Å². The van der Waals surface area contributed by atoms with Gasteiger partial charge in [-0.05, 0) is 118 Å². The van der Waals surface area contributed by atoms with Gasteiger partial charge in [0.25, 0.3) is 0 Å². The smallest absolute Gasteiger partial charge is 0.0649 e. The van der Waals surface area contributed by atoms with Crippen molar-refractivity contribution in [1.29, 1.82) is 0 Å². The molecule has 0 bridgehead atoms. The molecule has 0 radical (unpaired) electrons. The van der Waals surface area contributed by atoms with Crippen LogP contribution < -0.4 is 4.90 Å². The van der Waals surface area contributed by atoms with Gasteiger partial charge in [0.15, 0.2) is 0 Å². The average Bonchev–Trinajstić information content (AvgIpc) is 3.77. The number of fused-ring (bicyclic) bond motifs is 9. The van der Waals surface area contributed by atoms with E-state index in [1.807, 2.05) is 0 Å². The van der Waals surface area contributed by atoms with E-state index in [0.717, 1.165) is 32.1 Å². The Kier molecular flexibility index (Phi) is 8.22. The standard InChI is InChI=1S/C55H51N/c1-6-7-29-52(53-37(3)55(49-28-18-14-24-45(49)53)47-26-16-12-22-42(47)43-23-13-17-27-48(43)55)56(51-33-30-39(34-36(51)2)38-19-9-8-10-20-38)40-31-32-44-41-21-11-15-25-46(41)54(4,5)50(44)35-40/h6,8-16,18-19,21-26,28-33,35-36,38H,1,7,17,20,27,34H2,2-5H3/b52-29+. The molecule has 4 aromatic rings. The Morgan fingerprint density at radius 2 is 1.52 bits per heavy atom. The summed E-state index contributed by atoms with van der Waals surface area (Å²) >= 11 is 0. The summed E-state index contributed by atoms with van der Waals surface area (Å²) in [6.07, 6.45) is 28.3. The summed E-state index contributed by atoms with van der Waals surface area (Å²) in [6.45, 7) is 13.9. The molecule has 6 aliphatic rings. The molecule has 0 aliphatic heterocycles. The van der Waals surface area contributed by atoms with Gasteiger partial charge in [0.2, 0.25) is 0 Å². The topological polar surface area (TPSA) is 3.24 Å². The van der Waals surface area contributed by atoms with Crippen LogP contribution in [0, 0.1) is 11.8 Å². The van der Waals surface area contributed by atoms with Gasteiger partial charge in [-0.1, -0.05) is 160 Å². The van der Waals surface area contributed by atoms with Crippen molar-refractivity contribution in [3.8, 4) is 11.1 Å². The largest absolute Gasteiger partial charge is 0.314 e. The van der Waals surface area contributed by atoms with Crippen molar-refractivity contribution >= 4 is 16.8 Å². The van der Waals surface area contributed by atoms with Crippen LogP contribution >= 0.6 is 0 Å². The highest BCUT2D eigenvalue weighted by Gasteiger charge is 2.53. The highest BCUT2D eigenvalue weighted by atomic mass is 15.2. The van der Waals surface area contributed by atoms with Crippen LogP contribution in [0.15, 0.2) is 186 Å². The van der Waals surface area contributed by atoms with Crippen LogP contribution in [-0.2, 0) is 10.8 Å². The van der Waals surface area contributed by atoms with Gasteiger partial charge in [-0.25, -0.2) is 0 Å². The Morgan fingerprint density at radius 3 is 2.27 bits per heavy atom. The molecule has 1 nitrogen and oxygen atoms in total. The molecular weight excluding hydrogens is 675 g/mol. The minimum absolute atomic E-state index is 0.108. The Bertz CT molecular complexity index is 2590. The van der Waals surface area contributed by atoms with Gasteiger partial charge < -0.3 is 4.90 Å². The van der Waals surface area contributed by atoms with E-state index in [-0.39, 0.29) is 10.8 Å². The number of nitrogens with zero attached hydrogens (tertiary/aromatic N) is 1. The third-order valence-corrected chi connectivity index (χ3v) is 13.8. The van der Waals surface area contributed by atoms with Crippen molar-refractivity contribution in [2.75, 3.05) is 4.90 Å². The van der Waals surface area contributed by atoms with Crippen LogP contribution in [0.25, 0.3) is 22.3 Å². The fraction of sp³-hybridized carbons (Fsp3) is 0.236. The molecule has 0 N–H and O–H groups in total. The zero-order valence-electron chi connectivity index (χ0n) is 33.3. The van der Waals surface area contributed by atoms with Crippen molar-refractivity contribution in [1.82, 2.24) is 0 Å². The first-order valence-corrected chi connectivity index (χ1v) is 20.8. The third kappa shape index (κ3) is 4.92. The molecule has 1 heteroatoms. The quantitative estimate of drug-likeness (QED) is 0.172. The highest BCUT2D eigenvalue weighted by molar-refractivity contribution is 6.01. The first-order chi connectivity index (χ1) is 27.4. The second-order valence-corrected chi connectivity index (χ2v) is 17.1. The summed E-state index contributed by atoms with van der Waals surface area (Å²) in [5.41, 5.74) is 21.8. The molecule has 3 unspecified atom stereocenters. The summed E-state index contributed by atoms with van der Waals surface area (Å²) in [4.78, 5) is 2.66. The molecule has 0 saturated carbocycles. The lowest BCUT2D eigenvalue weighted by molar-refractivity contribution is 0.590. The lowest BCUT2D eigenvalue weighted by Crippen LogP contribution is -2.30. The fourth-order valence-corrected chi connectivity index (χ4v) is 11.3. The van der Waals surface area contributed by atoms with E-state index in [4.69, 9.17) is 0 Å². The van der Waals surface area contributed by atoms with Crippen molar-refractivity contribution in [2.24, 2.45) is 11.8 Å². The molecular formula is C55H51N. The van der Waals surface area contributed by atoms with Crippen molar-refractivity contribution in [2.45, 2.75) is 70.6 Å². The predicted molar refractivity (Wildman–Crippen MR) is 237 cm³/mol. The lowest BCUT2D eigenvalue weighted by atomic mass is 9.67. The summed E-state index contributed by atoms with van der Waals surface area (Å²) in [7, 11) is 0. The Morgan fingerprint density at radius 1 is 0.804 bits per heavy atom. The number of rotatable bonds is 7. The molecule has 10 rings (SSSR count). The van der Waals surface area contributed by atoms with Crippen LogP contribution in [0.3, 0.4) is 0 Å². The maximum atomic E-state index is 4.26. The Balaban J connectivity index is 1.23. The maximum Gasteiger partial charge on any atom is 0.0649 e.